The maximum atomic E-state index is 5.83. The quantitative estimate of drug-likeness (QED) is 0.795. The zero-order valence-electron chi connectivity index (χ0n) is 11.1. The third-order valence-corrected chi connectivity index (χ3v) is 2.80. The first-order valence-electron chi connectivity index (χ1n) is 6.03. The maximum absolute atomic E-state index is 5.83. The number of aromatic nitrogens is 2. The van der Waals surface area contributed by atoms with Crippen LogP contribution in [0.1, 0.15) is 17.3 Å². The number of hydrogen-bond acceptors (Lipinski definition) is 5. The largest absolute Gasteiger partial charge is 0.383 e. The van der Waals surface area contributed by atoms with Gasteiger partial charge in [0.2, 0.25) is 5.89 Å². The molecule has 0 unspecified atom stereocenters. The van der Waals surface area contributed by atoms with Crippen molar-refractivity contribution in [3.8, 4) is 0 Å². The molecule has 1 aromatic carbocycles. The second-order valence-corrected chi connectivity index (χ2v) is 4.51. The van der Waals surface area contributed by atoms with Gasteiger partial charge < -0.3 is 14.6 Å². The SMILES string of the molecule is COCCNCc1nc(Cc2ccc(Cl)cc2)no1.Cl. The molecule has 0 aliphatic carbocycles. The summed E-state index contributed by atoms with van der Waals surface area (Å²) in [6.07, 6.45) is 0.638. The minimum Gasteiger partial charge on any atom is -0.383 e. The van der Waals surface area contributed by atoms with Crippen LogP contribution in [0.15, 0.2) is 28.8 Å². The highest BCUT2D eigenvalue weighted by Gasteiger charge is 2.06. The Labute approximate surface area is 129 Å². The van der Waals surface area contributed by atoms with Crippen molar-refractivity contribution in [2.24, 2.45) is 0 Å². The van der Waals surface area contributed by atoms with Crippen LogP contribution >= 0.6 is 24.0 Å². The highest BCUT2D eigenvalue weighted by molar-refractivity contribution is 6.30. The van der Waals surface area contributed by atoms with Crippen LogP contribution in [0.25, 0.3) is 0 Å². The topological polar surface area (TPSA) is 60.2 Å². The molecular formula is C13H17Cl2N3O2. The highest BCUT2D eigenvalue weighted by Crippen LogP contribution is 2.12. The van der Waals surface area contributed by atoms with Crippen molar-refractivity contribution in [1.82, 2.24) is 15.5 Å². The Morgan fingerprint density at radius 2 is 2.05 bits per heavy atom. The van der Waals surface area contributed by atoms with E-state index in [0.29, 0.717) is 31.3 Å². The summed E-state index contributed by atoms with van der Waals surface area (Å²) >= 11 is 5.83. The molecule has 20 heavy (non-hydrogen) atoms. The summed E-state index contributed by atoms with van der Waals surface area (Å²) in [6, 6.07) is 7.61. The van der Waals surface area contributed by atoms with E-state index in [-0.39, 0.29) is 12.4 Å². The predicted molar refractivity (Wildman–Crippen MR) is 79.4 cm³/mol. The molecule has 0 aliphatic rings. The monoisotopic (exact) mass is 317 g/mol. The second-order valence-electron chi connectivity index (χ2n) is 4.08. The summed E-state index contributed by atoms with van der Waals surface area (Å²) in [5, 5.41) is 7.81. The van der Waals surface area contributed by atoms with Gasteiger partial charge >= 0.3 is 0 Å². The van der Waals surface area contributed by atoms with Crippen molar-refractivity contribution < 1.29 is 9.26 Å². The van der Waals surface area contributed by atoms with Crippen LogP contribution in [0.5, 0.6) is 0 Å². The van der Waals surface area contributed by atoms with Gasteiger partial charge in [-0.15, -0.1) is 12.4 Å². The summed E-state index contributed by atoms with van der Waals surface area (Å²) in [5.41, 5.74) is 1.10. The Balaban J connectivity index is 0.00000200. The molecule has 0 saturated heterocycles. The molecule has 1 aromatic heterocycles. The van der Waals surface area contributed by atoms with Crippen molar-refractivity contribution in [1.29, 1.82) is 0 Å². The Hall–Kier alpha value is -1.14. The van der Waals surface area contributed by atoms with Gasteiger partial charge in [-0.2, -0.15) is 4.98 Å². The van der Waals surface area contributed by atoms with E-state index >= 15 is 0 Å². The minimum atomic E-state index is 0. The summed E-state index contributed by atoms with van der Waals surface area (Å²) in [6.45, 7) is 1.97. The fourth-order valence-electron chi connectivity index (χ4n) is 1.59. The number of methoxy groups -OCH3 is 1. The van der Waals surface area contributed by atoms with Gasteiger partial charge in [-0.3, -0.25) is 0 Å². The number of benzene rings is 1. The molecular weight excluding hydrogens is 301 g/mol. The molecule has 5 nitrogen and oxygen atoms in total. The Morgan fingerprint density at radius 1 is 1.30 bits per heavy atom. The number of nitrogens with zero attached hydrogens (tertiary/aromatic N) is 2. The first kappa shape index (κ1) is 16.9. The molecule has 0 bridgehead atoms. The standard InChI is InChI=1S/C13H16ClN3O2.ClH/c1-18-7-6-15-9-13-16-12(17-19-13)8-10-2-4-11(14)5-3-10;/h2-5,15H,6-9H2,1H3;1H. The molecule has 0 fully saturated rings. The van der Waals surface area contributed by atoms with Gasteiger partial charge in [0.15, 0.2) is 5.82 Å². The van der Waals surface area contributed by atoms with E-state index in [1.807, 2.05) is 24.3 Å². The van der Waals surface area contributed by atoms with Crippen LogP contribution in [0, 0.1) is 0 Å². The van der Waals surface area contributed by atoms with Crippen molar-refractivity contribution in [2.75, 3.05) is 20.3 Å². The highest BCUT2D eigenvalue weighted by atomic mass is 35.5. The third-order valence-electron chi connectivity index (χ3n) is 2.54. The summed E-state index contributed by atoms with van der Waals surface area (Å²) < 4.78 is 10.1. The summed E-state index contributed by atoms with van der Waals surface area (Å²) in [4.78, 5) is 4.31. The van der Waals surface area contributed by atoms with Gasteiger partial charge in [-0.05, 0) is 17.7 Å². The zero-order chi connectivity index (χ0) is 13.5. The number of rotatable bonds is 7. The van der Waals surface area contributed by atoms with Gasteiger partial charge in [0, 0.05) is 25.1 Å². The molecule has 2 rings (SSSR count). The Kier molecular flexibility index (Phi) is 7.54. The van der Waals surface area contributed by atoms with Gasteiger partial charge in [0.1, 0.15) is 0 Å². The van der Waals surface area contributed by atoms with E-state index in [9.17, 15) is 0 Å². The molecule has 7 heteroatoms. The number of ether oxygens (including phenoxy) is 1. The molecule has 110 valence electrons. The average molecular weight is 318 g/mol. The Bertz CT molecular complexity index is 503. The van der Waals surface area contributed by atoms with Crippen LogP contribution in [0.4, 0.5) is 0 Å². The van der Waals surface area contributed by atoms with Crippen molar-refractivity contribution in [2.45, 2.75) is 13.0 Å². The third kappa shape index (κ3) is 5.46. The first-order chi connectivity index (χ1) is 9.28. The van der Waals surface area contributed by atoms with Gasteiger partial charge in [0.05, 0.1) is 13.2 Å². The number of hydrogen-bond donors (Lipinski definition) is 1. The normalized spacial score (nSPS) is 10.3. The lowest BCUT2D eigenvalue weighted by Crippen LogP contribution is -2.18. The van der Waals surface area contributed by atoms with E-state index in [2.05, 4.69) is 15.5 Å². The minimum absolute atomic E-state index is 0. The van der Waals surface area contributed by atoms with Crippen LogP contribution in [-0.2, 0) is 17.7 Å². The lowest BCUT2D eigenvalue weighted by molar-refractivity contribution is 0.197. The van der Waals surface area contributed by atoms with E-state index in [1.54, 1.807) is 7.11 Å². The van der Waals surface area contributed by atoms with E-state index < -0.39 is 0 Å². The van der Waals surface area contributed by atoms with Gasteiger partial charge in [-0.1, -0.05) is 28.9 Å². The molecule has 2 aromatic rings. The van der Waals surface area contributed by atoms with E-state index in [0.717, 1.165) is 17.1 Å². The van der Waals surface area contributed by atoms with Crippen LogP contribution in [0.2, 0.25) is 5.02 Å². The van der Waals surface area contributed by atoms with Crippen LogP contribution < -0.4 is 5.32 Å². The molecule has 0 radical (unpaired) electrons. The van der Waals surface area contributed by atoms with Crippen LogP contribution in [0.3, 0.4) is 0 Å². The smallest absolute Gasteiger partial charge is 0.240 e. The number of halogens is 2. The average Bonchev–Trinajstić information content (AvgIpc) is 2.85. The first-order valence-corrected chi connectivity index (χ1v) is 6.41. The van der Waals surface area contributed by atoms with Gasteiger partial charge in [-0.25, -0.2) is 0 Å². The second kappa shape index (κ2) is 8.92. The van der Waals surface area contributed by atoms with E-state index in [1.165, 1.54) is 0 Å². The molecule has 1 heterocycles. The van der Waals surface area contributed by atoms with Gasteiger partial charge in [0.25, 0.3) is 0 Å². The lowest BCUT2D eigenvalue weighted by Gasteiger charge is -1.98. The maximum Gasteiger partial charge on any atom is 0.240 e. The lowest BCUT2D eigenvalue weighted by atomic mass is 10.1. The van der Waals surface area contributed by atoms with Crippen molar-refractivity contribution in [3.05, 3.63) is 46.6 Å². The predicted octanol–water partition coefficient (Wildman–Crippen LogP) is 2.47. The Morgan fingerprint density at radius 3 is 2.75 bits per heavy atom. The summed E-state index contributed by atoms with van der Waals surface area (Å²) in [7, 11) is 1.67. The molecule has 0 amide bonds. The summed E-state index contributed by atoms with van der Waals surface area (Å²) in [5.74, 6) is 1.26. The fourth-order valence-corrected chi connectivity index (χ4v) is 1.71. The van der Waals surface area contributed by atoms with Crippen molar-refractivity contribution in [3.63, 3.8) is 0 Å². The van der Waals surface area contributed by atoms with Crippen molar-refractivity contribution >= 4 is 24.0 Å². The molecule has 0 aliphatic heterocycles. The molecule has 1 N–H and O–H groups in total. The van der Waals surface area contributed by atoms with Crippen LogP contribution in [-0.4, -0.2) is 30.4 Å². The molecule has 0 saturated carbocycles. The van der Waals surface area contributed by atoms with E-state index in [4.69, 9.17) is 20.9 Å². The zero-order valence-corrected chi connectivity index (χ0v) is 12.7. The fraction of sp³-hybridized carbons (Fsp3) is 0.385. The molecule has 0 spiro atoms. The molecule has 0 atom stereocenters. The number of nitrogens with one attached hydrogen (secondary N) is 1.